The highest BCUT2D eigenvalue weighted by molar-refractivity contribution is 5.77. The van der Waals surface area contributed by atoms with Crippen LogP contribution in [0.5, 0.6) is 0 Å². The lowest BCUT2D eigenvalue weighted by molar-refractivity contribution is -0.127. The minimum absolute atomic E-state index is 0.143. The highest BCUT2D eigenvalue weighted by Crippen LogP contribution is 2.01. The number of carbonyl (C=O) groups excluding carboxylic acids is 1. The molecule has 0 atom stereocenters. The van der Waals surface area contributed by atoms with Gasteiger partial charge in [0.05, 0.1) is 6.54 Å². The Morgan fingerprint density at radius 2 is 2.00 bits per heavy atom. The number of carbonyl (C=O) groups is 1. The molecule has 3 nitrogen and oxygen atoms in total. The quantitative estimate of drug-likeness (QED) is 0.630. The van der Waals surface area contributed by atoms with Crippen LogP contribution in [0.2, 0.25) is 0 Å². The van der Waals surface area contributed by atoms with Crippen LogP contribution in [0.1, 0.15) is 26.7 Å². The van der Waals surface area contributed by atoms with Crippen molar-refractivity contribution in [3.8, 4) is 0 Å². The molecule has 0 aromatic heterocycles. The first kappa shape index (κ1) is 12.4. The van der Waals surface area contributed by atoms with Gasteiger partial charge >= 0.3 is 0 Å². The molecule has 0 aliphatic carbocycles. The lowest BCUT2D eigenvalue weighted by atomic mass is 10.1. The minimum Gasteiger partial charge on any atom is -0.348 e. The molecule has 0 aromatic rings. The van der Waals surface area contributed by atoms with Crippen LogP contribution in [0, 0.1) is 5.92 Å². The monoisotopic (exact) mass is 186 g/mol. The number of rotatable bonds is 6. The molecule has 0 spiro atoms. The summed E-state index contributed by atoms with van der Waals surface area (Å²) in [5.41, 5.74) is 0. The topological polar surface area (TPSA) is 32.3 Å². The molecule has 1 amide bonds. The highest BCUT2D eigenvalue weighted by atomic mass is 16.2. The van der Waals surface area contributed by atoms with Crippen molar-refractivity contribution in [3.05, 3.63) is 0 Å². The molecule has 0 bridgehead atoms. The molecule has 13 heavy (non-hydrogen) atoms. The van der Waals surface area contributed by atoms with Gasteiger partial charge in [-0.3, -0.25) is 4.79 Å². The van der Waals surface area contributed by atoms with Crippen molar-refractivity contribution in [1.82, 2.24) is 10.2 Å². The third kappa shape index (κ3) is 7.78. The predicted molar refractivity (Wildman–Crippen MR) is 55.6 cm³/mol. The molecule has 0 saturated carbocycles. The fraction of sp³-hybridized carbons (Fsp3) is 0.900. The molecule has 0 heterocycles. The van der Waals surface area contributed by atoms with Crippen LogP contribution >= 0.6 is 0 Å². The van der Waals surface area contributed by atoms with Crippen molar-refractivity contribution in [2.45, 2.75) is 26.7 Å². The van der Waals surface area contributed by atoms with Crippen molar-refractivity contribution in [2.24, 2.45) is 5.92 Å². The first-order valence-electron chi connectivity index (χ1n) is 4.95. The molecule has 0 aliphatic rings. The van der Waals surface area contributed by atoms with E-state index in [1.807, 2.05) is 0 Å². The van der Waals surface area contributed by atoms with E-state index in [-0.39, 0.29) is 5.91 Å². The lowest BCUT2D eigenvalue weighted by Crippen LogP contribution is -2.33. The Hall–Kier alpha value is -0.570. The van der Waals surface area contributed by atoms with E-state index in [1.165, 1.54) is 6.42 Å². The maximum absolute atomic E-state index is 11.1. The SMILES string of the molecule is CC(C)CCCNCC(=O)N(C)C. The molecule has 0 rings (SSSR count). The van der Waals surface area contributed by atoms with Gasteiger partial charge < -0.3 is 10.2 Å². The van der Waals surface area contributed by atoms with E-state index in [2.05, 4.69) is 19.2 Å². The van der Waals surface area contributed by atoms with Gasteiger partial charge in [0.15, 0.2) is 0 Å². The van der Waals surface area contributed by atoms with Crippen molar-refractivity contribution >= 4 is 5.91 Å². The van der Waals surface area contributed by atoms with E-state index in [4.69, 9.17) is 0 Å². The number of amides is 1. The van der Waals surface area contributed by atoms with E-state index in [0.29, 0.717) is 6.54 Å². The number of hydrogen-bond donors (Lipinski definition) is 1. The van der Waals surface area contributed by atoms with E-state index < -0.39 is 0 Å². The maximum Gasteiger partial charge on any atom is 0.236 e. The fourth-order valence-corrected chi connectivity index (χ4v) is 0.989. The molecule has 78 valence electrons. The molecule has 0 aromatic carbocycles. The van der Waals surface area contributed by atoms with Crippen LogP contribution < -0.4 is 5.32 Å². The van der Waals surface area contributed by atoms with Gasteiger partial charge in [0.1, 0.15) is 0 Å². The second-order valence-electron chi connectivity index (χ2n) is 4.00. The van der Waals surface area contributed by atoms with Crippen molar-refractivity contribution in [1.29, 1.82) is 0 Å². The molecule has 0 unspecified atom stereocenters. The van der Waals surface area contributed by atoms with Gasteiger partial charge in [0.25, 0.3) is 0 Å². The summed E-state index contributed by atoms with van der Waals surface area (Å²) in [6.45, 7) is 5.83. The minimum atomic E-state index is 0.143. The first-order chi connectivity index (χ1) is 6.04. The van der Waals surface area contributed by atoms with Crippen molar-refractivity contribution < 1.29 is 4.79 Å². The number of hydrogen-bond acceptors (Lipinski definition) is 2. The molecular weight excluding hydrogens is 164 g/mol. The fourth-order valence-electron chi connectivity index (χ4n) is 0.989. The average molecular weight is 186 g/mol. The summed E-state index contributed by atoms with van der Waals surface area (Å²) in [4.78, 5) is 12.7. The van der Waals surface area contributed by atoms with Crippen LogP contribution in [0.3, 0.4) is 0 Å². The highest BCUT2D eigenvalue weighted by Gasteiger charge is 2.01. The normalized spacial score (nSPS) is 10.5. The smallest absolute Gasteiger partial charge is 0.236 e. The van der Waals surface area contributed by atoms with Crippen molar-refractivity contribution in [2.75, 3.05) is 27.2 Å². The largest absolute Gasteiger partial charge is 0.348 e. The van der Waals surface area contributed by atoms with Gasteiger partial charge in [-0.05, 0) is 25.3 Å². The molecule has 0 aliphatic heterocycles. The number of nitrogens with zero attached hydrogens (tertiary/aromatic N) is 1. The van der Waals surface area contributed by atoms with Gasteiger partial charge in [-0.15, -0.1) is 0 Å². The van der Waals surface area contributed by atoms with Crippen LogP contribution in [0.4, 0.5) is 0 Å². The first-order valence-corrected chi connectivity index (χ1v) is 4.95. The second kappa shape index (κ2) is 6.89. The third-order valence-electron chi connectivity index (χ3n) is 1.91. The number of likely N-dealkylation sites (N-methyl/N-ethyl adjacent to an activating group) is 1. The zero-order valence-corrected chi connectivity index (χ0v) is 9.26. The molecule has 0 saturated heterocycles. The Kier molecular flexibility index (Phi) is 6.59. The standard InChI is InChI=1S/C10H22N2O/c1-9(2)6-5-7-11-8-10(13)12(3)4/h9,11H,5-8H2,1-4H3. The van der Waals surface area contributed by atoms with Crippen LogP contribution in [-0.2, 0) is 4.79 Å². The van der Waals surface area contributed by atoms with Gasteiger partial charge in [-0.1, -0.05) is 13.8 Å². The summed E-state index contributed by atoms with van der Waals surface area (Å²) in [6.07, 6.45) is 2.38. The zero-order chi connectivity index (χ0) is 10.3. The Morgan fingerprint density at radius 3 is 2.46 bits per heavy atom. The Labute approximate surface area is 81.5 Å². The Morgan fingerprint density at radius 1 is 1.38 bits per heavy atom. The van der Waals surface area contributed by atoms with Crippen LogP contribution in [0.25, 0.3) is 0 Å². The predicted octanol–water partition coefficient (Wildman–Crippen LogP) is 1.10. The van der Waals surface area contributed by atoms with Crippen LogP contribution in [-0.4, -0.2) is 38.0 Å². The molecule has 0 radical (unpaired) electrons. The van der Waals surface area contributed by atoms with Crippen molar-refractivity contribution in [3.63, 3.8) is 0 Å². The van der Waals surface area contributed by atoms with E-state index in [9.17, 15) is 4.79 Å². The van der Waals surface area contributed by atoms with Gasteiger partial charge in [0.2, 0.25) is 5.91 Å². The summed E-state index contributed by atoms with van der Waals surface area (Å²) in [5.74, 6) is 0.899. The summed E-state index contributed by atoms with van der Waals surface area (Å²) in [7, 11) is 3.55. The van der Waals surface area contributed by atoms with E-state index in [1.54, 1.807) is 19.0 Å². The molecule has 3 heteroatoms. The summed E-state index contributed by atoms with van der Waals surface area (Å²) in [6, 6.07) is 0. The number of nitrogens with one attached hydrogen (secondary N) is 1. The summed E-state index contributed by atoms with van der Waals surface area (Å²) < 4.78 is 0. The molecule has 0 fully saturated rings. The van der Waals surface area contributed by atoms with Gasteiger partial charge in [-0.25, -0.2) is 0 Å². The second-order valence-corrected chi connectivity index (χ2v) is 4.00. The van der Waals surface area contributed by atoms with E-state index >= 15 is 0 Å². The lowest BCUT2D eigenvalue weighted by Gasteiger charge is -2.11. The maximum atomic E-state index is 11.1. The Balaban J connectivity index is 3.21. The third-order valence-corrected chi connectivity index (χ3v) is 1.91. The Bertz CT molecular complexity index is 144. The van der Waals surface area contributed by atoms with Gasteiger partial charge in [0, 0.05) is 14.1 Å². The van der Waals surface area contributed by atoms with Crippen LogP contribution in [0.15, 0.2) is 0 Å². The average Bonchev–Trinajstić information content (AvgIpc) is 2.02. The van der Waals surface area contributed by atoms with E-state index in [0.717, 1.165) is 18.9 Å². The molecular formula is C10H22N2O. The molecule has 1 N–H and O–H groups in total. The van der Waals surface area contributed by atoms with Gasteiger partial charge in [-0.2, -0.15) is 0 Å². The summed E-state index contributed by atoms with van der Waals surface area (Å²) >= 11 is 0. The zero-order valence-electron chi connectivity index (χ0n) is 9.26. The summed E-state index contributed by atoms with van der Waals surface area (Å²) in [5, 5.41) is 3.13.